The molecule has 2 N–H and O–H groups in total. The summed E-state index contributed by atoms with van der Waals surface area (Å²) < 4.78 is 11.2. The van der Waals surface area contributed by atoms with Gasteiger partial charge in [-0.05, 0) is 43.5 Å². The maximum Gasteiger partial charge on any atom is 0.191 e. The van der Waals surface area contributed by atoms with Crippen molar-refractivity contribution in [1.82, 2.24) is 15.6 Å². The van der Waals surface area contributed by atoms with Crippen LogP contribution in [0.2, 0.25) is 5.15 Å². The van der Waals surface area contributed by atoms with Crippen molar-refractivity contribution in [2.24, 2.45) is 4.99 Å². The van der Waals surface area contributed by atoms with Gasteiger partial charge in [0.15, 0.2) is 5.96 Å². The van der Waals surface area contributed by atoms with Crippen LogP contribution >= 0.6 is 35.6 Å². The number of halogens is 2. The topological polar surface area (TPSA) is 67.8 Å². The van der Waals surface area contributed by atoms with Gasteiger partial charge >= 0.3 is 0 Å². The average molecular weight is 533 g/mol. The Kier molecular flexibility index (Phi) is 12.6. The second-order valence-electron chi connectivity index (χ2n) is 6.25. The summed E-state index contributed by atoms with van der Waals surface area (Å²) in [4.78, 5) is 8.37. The number of aliphatic imine (C=N–C) groups is 1. The zero-order valence-corrected chi connectivity index (χ0v) is 20.3. The Morgan fingerprint density at radius 1 is 1.17 bits per heavy atom. The van der Waals surface area contributed by atoms with E-state index in [-0.39, 0.29) is 24.0 Å². The van der Waals surface area contributed by atoms with Gasteiger partial charge in [0.05, 0.1) is 6.61 Å². The average Bonchev–Trinajstić information content (AvgIpc) is 2.70. The lowest BCUT2D eigenvalue weighted by atomic mass is 10.1. The first kappa shape index (κ1) is 25.5. The number of nitrogens with zero attached hydrogens (tertiary/aromatic N) is 2. The quantitative estimate of drug-likeness (QED) is 0.159. The highest BCUT2D eigenvalue weighted by Gasteiger charge is 2.06. The molecule has 0 bridgehead atoms. The van der Waals surface area contributed by atoms with Gasteiger partial charge in [0, 0.05) is 38.5 Å². The highest BCUT2D eigenvalue weighted by atomic mass is 127. The Labute approximate surface area is 195 Å². The summed E-state index contributed by atoms with van der Waals surface area (Å²) in [5.41, 5.74) is 3.36. The second kappa shape index (κ2) is 14.4. The molecule has 2 aromatic rings. The van der Waals surface area contributed by atoms with Gasteiger partial charge in [-0.3, -0.25) is 4.99 Å². The first-order chi connectivity index (χ1) is 13.6. The third kappa shape index (κ3) is 9.64. The third-order valence-electron chi connectivity index (χ3n) is 4.08. The third-order valence-corrected chi connectivity index (χ3v) is 4.30. The molecular weight excluding hydrogens is 503 g/mol. The lowest BCUT2D eigenvalue weighted by Crippen LogP contribution is -2.38. The largest absolute Gasteiger partial charge is 0.491 e. The molecule has 1 aromatic heterocycles. The number of guanidine groups is 1. The van der Waals surface area contributed by atoms with E-state index in [9.17, 15) is 0 Å². The molecule has 160 valence electrons. The summed E-state index contributed by atoms with van der Waals surface area (Å²) >= 11 is 5.81. The molecular formula is C21H30ClIN4O2. The minimum Gasteiger partial charge on any atom is -0.491 e. The monoisotopic (exact) mass is 532 g/mol. The first-order valence-corrected chi connectivity index (χ1v) is 9.85. The van der Waals surface area contributed by atoms with Crippen molar-refractivity contribution in [1.29, 1.82) is 0 Å². The number of nitrogens with one attached hydrogen (secondary N) is 2. The highest BCUT2D eigenvalue weighted by molar-refractivity contribution is 14.0. The molecule has 0 saturated carbocycles. The Bertz CT molecular complexity index is 757. The summed E-state index contributed by atoms with van der Waals surface area (Å²) in [6.45, 7) is 7.20. The van der Waals surface area contributed by atoms with E-state index < -0.39 is 0 Å². The van der Waals surface area contributed by atoms with E-state index in [2.05, 4.69) is 39.7 Å². The molecule has 1 heterocycles. The van der Waals surface area contributed by atoms with Gasteiger partial charge in [-0.25, -0.2) is 4.98 Å². The summed E-state index contributed by atoms with van der Waals surface area (Å²) in [5, 5.41) is 7.15. The lowest BCUT2D eigenvalue weighted by Gasteiger charge is -2.15. The van der Waals surface area contributed by atoms with Crippen molar-refractivity contribution < 1.29 is 9.47 Å². The second-order valence-corrected chi connectivity index (χ2v) is 6.64. The van der Waals surface area contributed by atoms with E-state index in [0.29, 0.717) is 31.5 Å². The van der Waals surface area contributed by atoms with Gasteiger partial charge in [0.25, 0.3) is 0 Å². The predicted octanol–water partition coefficient (Wildman–Crippen LogP) is 3.98. The molecule has 0 aliphatic rings. The van der Waals surface area contributed by atoms with Crippen LogP contribution in [-0.4, -0.2) is 44.4 Å². The molecule has 0 aliphatic heterocycles. The van der Waals surface area contributed by atoms with Gasteiger partial charge in [0.1, 0.15) is 17.5 Å². The molecule has 29 heavy (non-hydrogen) atoms. The van der Waals surface area contributed by atoms with Crippen LogP contribution < -0.4 is 15.4 Å². The maximum absolute atomic E-state index is 5.89. The molecule has 0 amide bonds. The Morgan fingerprint density at radius 2 is 2.00 bits per heavy atom. The zero-order chi connectivity index (χ0) is 20.2. The van der Waals surface area contributed by atoms with Crippen LogP contribution in [0.15, 0.2) is 41.5 Å². The fourth-order valence-electron chi connectivity index (χ4n) is 2.58. The fraction of sp³-hybridized carbons (Fsp3) is 0.429. The van der Waals surface area contributed by atoms with Gasteiger partial charge in [-0.2, -0.15) is 0 Å². The Morgan fingerprint density at radius 3 is 2.69 bits per heavy atom. The summed E-state index contributed by atoms with van der Waals surface area (Å²) in [5.74, 6) is 1.61. The Hall–Kier alpha value is -1.58. The van der Waals surface area contributed by atoms with E-state index in [1.165, 1.54) is 0 Å². The van der Waals surface area contributed by atoms with Crippen LogP contribution in [0.1, 0.15) is 23.6 Å². The number of aromatic nitrogens is 1. The van der Waals surface area contributed by atoms with Crippen molar-refractivity contribution in [3.05, 3.63) is 58.4 Å². The molecule has 0 radical (unpaired) electrons. The number of hydrogen-bond donors (Lipinski definition) is 2. The number of aryl methyl sites for hydroxylation is 1. The predicted molar refractivity (Wildman–Crippen MR) is 130 cm³/mol. The van der Waals surface area contributed by atoms with Crippen LogP contribution in [0.3, 0.4) is 0 Å². The van der Waals surface area contributed by atoms with Crippen molar-refractivity contribution in [2.75, 3.05) is 33.4 Å². The van der Waals surface area contributed by atoms with Crippen molar-refractivity contribution in [3.8, 4) is 5.75 Å². The minimum absolute atomic E-state index is 0. The molecule has 6 nitrogen and oxygen atoms in total. The van der Waals surface area contributed by atoms with Crippen molar-refractivity contribution in [2.45, 2.75) is 26.8 Å². The minimum atomic E-state index is 0. The molecule has 0 unspecified atom stereocenters. The number of benzene rings is 1. The molecule has 0 saturated heterocycles. The van der Waals surface area contributed by atoms with Crippen LogP contribution in [0.25, 0.3) is 0 Å². The van der Waals surface area contributed by atoms with Crippen molar-refractivity contribution in [3.63, 3.8) is 0 Å². The first-order valence-electron chi connectivity index (χ1n) is 9.47. The zero-order valence-electron chi connectivity index (χ0n) is 17.2. The van der Waals surface area contributed by atoms with Gasteiger partial charge in [-0.15, -0.1) is 24.0 Å². The Balaban J connectivity index is 0.00000420. The summed E-state index contributed by atoms with van der Waals surface area (Å²) in [6.07, 6.45) is 2.62. The highest BCUT2D eigenvalue weighted by Crippen LogP contribution is 2.20. The maximum atomic E-state index is 5.89. The van der Waals surface area contributed by atoms with Gasteiger partial charge < -0.3 is 20.1 Å². The molecule has 8 heteroatoms. The molecule has 0 atom stereocenters. The number of rotatable bonds is 10. The molecule has 2 rings (SSSR count). The van der Waals surface area contributed by atoms with Crippen molar-refractivity contribution >= 4 is 41.5 Å². The smallest absolute Gasteiger partial charge is 0.191 e. The normalized spacial score (nSPS) is 11.0. The van der Waals surface area contributed by atoms with E-state index in [1.807, 2.05) is 19.1 Å². The molecule has 0 spiro atoms. The number of pyridine rings is 1. The lowest BCUT2D eigenvalue weighted by molar-refractivity contribution is 0.110. The SMILES string of the molecule is CCOCCOc1cc(C)ccc1CNC(=NC)NCCc1ccc(Cl)nc1.I. The molecule has 0 fully saturated rings. The van der Waals surface area contributed by atoms with E-state index in [4.69, 9.17) is 21.1 Å². The number of hydrogen-bond acceptors (Lipinski definition) is 4. The van der Waals surface area contributed by atoms with Crippen LogP contribution in [0.4, 0.5) is 0 Å². The molecule has 1 aromatic carbocycles. The molecule has 0 aliphatic carbocycles. The summed E-state index contributed by atoms with van der Waals surface area (Å²) in [6, 6.07) is 9.98. The van der Waals surface area contributed by atoms with E-state index in [0.717, 1.165) is 41.4 Å². The van der Waals surface area contributed by atoms with Gasteiger partial charge in [-0.1, -0.05) is 29.8 Å². The van der Waals surface area contributed by atoms with E-state index in [1.54, 1.807) is 19.3 Å². The summed E-state index contributed by atoms with van der Waals surface area (Å²) in [7, 11) is 1.76. The van der Waals surface area contributed by atoms with Gasteiger partial charge in [0.2, 0.25) is 0 Å². The van der Waals surface area contributed by atoms with Crippen LogP contribution in [0.5, 0.6) is 5.75 Å². The van der Waals surface area contributed by atoms with Crippen LogP contribution in [-0.2, 0) is 17.7 Å². The fourth-order valence-corrected chi connectivity index (χ4v) is 2.69. The number of ether oxygens (including phenoxy) is 2. The van der Waals surface area contributed by atoms with Crippen LogP contribution in [0, 0.1) is 6.92 Å². The standard InChI is InChI=1S/C21H29ClN4O2.HI/c1-4-27-11-12-28-19-13-16(2)5-7-18(19)15-26-21(23-3)24-10-9-17-6-8-20(22)25-14-17;/h5-8,13-14H,4,9-12,15H2,1-3H3,(H2,23,24,26);1H. The van der Waals surface area contributed by atoms with E-state index >= 15 is 0 Å².